The summed E-state index contributed by atoms with van der Waals surface area (Å²) in [4.78, 5) is 5.96. The van der Waals surface area contributed by atoms with Crippen LogP contribution in [-0.4, -0.2) is 31.2 Å². The molecule has 1 atom stereocenters. The van der Waals surface area contributed by atoms with Crippen molar-refractivity contribution in [1.29, 1.82) is 0 Å². The van der Waals surface area contributed by atoms with Crippen molar-refractivity contribution >= 4 is 23.8 Å². The Morgan fingerprint density at radius 2 is 1.96 bits per heavy atom. The molecule has 3 rings (SSSR count). The van der Waals surface area contributed by atoms with Gasteiger partial charge in [-0.15, -0.1) is 12.4 Å². The van der Waals surface area contributed by atoms with Gasteiger partial charge in [-0.1, -0.05) is 12.1 Å². The number of nitrogens with zero attached hydrogens (tertiary/aromatic N) is 2. The van der Waals surface area contributed by atoms with Crippen LogP contribution < -0.4 is 15.0 Å². The Morgan fingerprint density at radius 3 is 2.60 bits per heavy atom. The van der Waals surface area contributed by atoms with Crippen LogP contribution in [0.15, 0.2) is 42.6 Å². The number of aromatic nitrogens is 1. The highest BCUT2D eigenvalue weighted by Crippen LogP contribution is 2.31. The lowest BCUT2D eigenvalue weighted by atomic mass is 10.2. The van der Waals surface area contributed by atoms with Gasteiger partial charge < -0.3 is 15.0 Å². The van der Waals surface area contributed by atoms with Crippen molar-refractivity contribution in [3.63, 3.8) is 0 Å². The highest BCUT2D eigenvalue weighted by atomic mass is 35.5. The fourth-order valence-corrected chi connectivity index (χ4v) is 2.79. The molecule has 25 heavy (non-hydrogen) atoms. The van der Waals surface area contributed by atoms with Crippen LogP contribution in [-0.2, 0) is 6.18 Å². The van der Waals surface area contributed by atoms with E-state index in [1.165, 1.54) is 6.07 Å². The summed E-state index contributed by atoms with van der Waals surface area (Å²) < 4.78 is 43.4. The summed E-state index contributed by atoms with van der Waals surface area (Å²) in [5, 5.41) is 3.16. The second-order valence-electron chi connectivity index (χ2n) is 5.62. The number of hydrogen-bond acceptors (Lipinski definition) is 4. The molecule has 0 bridgehead atoms. The number of ether oxygens (including phenoxy) is 1. The topological polar surface area (TPSA) is 37.4 Å². The van der Waals surface area contributed by atoms with E-state index in [0.29, 0.717) is 6.54 Å². The largest absolute Gasteiger partial charge is 0.472 e. The molecular formula is C17H19ClF3N3O. The van der Waals surface area contributed by atoms with Crippen LogP contribution in [0, 0.1) is 0 Å². The maximum Gasteiger partial charge on any atom is 0.417 e. The highest BCUT2D eigenvalue weighted by molar-refractivity contribution is 5.85. The summed E-state index contributed by atoms with van der Waals surface area (Å²) in [6, 6.07) is 10.2. The Labute approximate surface area is 150 Å². The van der Waals surface area contributed by atoms with Crippen molar-refractivity contribution in [3.05, 3.63) is 48.2 Å². The zero-order valence-electron chi connectivity index (χ0n) is 13.6. The van der Waals surface area contributed by atoms with Crippen molar-refractivity contribution < 1.29 is 17.9 Å². The first-order valence-electron chi connectivity index (χ1n) is 7.69. The minimum absolute atomic E-state index is 0. The van der Waals surface area contributed by atoms with E-state index in [4.69, 9.17) is 4.74 Å². The lowest BCUT2D eigenvalue weighted by Gasteiger charge is -2.21. The molecule has 8 heteroatoms. The average Bonchev–Trinajstić information content (AvgIpc) is 3.03. The smallest absolute Gasteiger partial charge is 0.417 e. The lowest BCUT2D eigenvalue weighted by molar-refractivity contribution is -0.137. The third kappa shape index (κ3) is 4.48. The Bertz CT molecular complexity index is 694. The van der Waals surface area contributed by atoms with Crippen molar-refractivity contribution in [3.8, 4) is 5.88 Å². The van der Waals surface area contributed by atoms with Gasteiger partial charge in [-0.25, -0.2) is 4.98 Å². The van der Waals surface area contributed by atoms with E-state index in [0.717, 1.165) is 36.6 Å². The van der Waals surface area contributed by atoms with Crippen LogP contribution in [0.3, 0.4) is 0 Å². The molecule has 2 heterocycles. The van der Waals surface area contributed by atoms with Gasteiger partial charge in [0.15, 0.2) is 0 Å². The summed E-state index contributed by atoms with van der Waals surface area (Å²) in [5.74, 6) is 0.219. The van der Waals surface area contributed by atoms with Gasteiger partial charge in [-0.05, 0) is 18.2 Å². The van der Waals surface area contributed by atoms with E-state index >= 15 is 0 Å². The molecule has 1 aromatic carbocycles. The Balaban J connectivity index is 0.00000225. The zero-order valence-corrected chi connectivity index (χ0v) is 14.4. The monoisotopic (exact) mass is 373 g/mol. The van der Waals surface area contributed by atoms with Crippen LogP contribution in [0.2, 0.25) is 0 Å². The minimum atomic E-state index is -4.38. The summed E-state index contributed by atoms with van der Waals surface area (Å²) in [7, 11) is 1.87. The molecule has 1 fully saturated rings. The quantitative estimate of drug-likeness (QED) is 0.870. The lowest BCUT2D eigenvalue weighted by Crippen LogP contribution is -2.25. The first kappa shape index (κ1) is 19.2. The van der Waals surface area contributed by atoms with Gasteiger partial charge in [0, 0.05) is 32.3 Å². The third-order valence-electron chi connectivity index (χ3n) is 4.01. The molecule has 2 aromatic rings. The van der Waals surface area contributed by atoms with Gasteiger partial charge in [-0.3, -0.25) is 0 Å². The standard InChI is InChI=1S/C17H18F3N3O.ClH/c1-21-14-4-2-3-5-15(14)23-9-8-13(11-23)24-16-7-6-12(10-22-16)17(18,19)20;/h2-7,10,13,21H,8-9,11H2,1H3;1H/t13-;/m1./s1. The van der Waals surface area contributed by atoms with Gasteiger partial charge in [0.2, 0.25) is 5.88 Å². The molecule has 4 nitrogen and oxygen atoms in total. The molecule has 0 saturated carbocycles. The number of alkyl halides is 3. The number of para-hydroxylation sites is 2. The fraction of sp³-hybridized carbons (Fsp3) is 0.353. The second kappa shape index (κ2) is 7.82. The van der Waals surface area contributed by atoms with Crippen LogP contribution >= 0.6 is 12.4 Å². The third-order valence-corrected chi connectivity index (χ3v) is 4.01. The number of pyridine rings is 1. The van der Waals surface area contributed by atoms with Gasteiger partial charge >= 0.3 is 6.18 Å². The van der Waals surface area contributed by atoms with Crippen molar-refractivity contribution in [2.75, 3.05) is 30.4 Å². The van der Waals surface area contributed by atoms with Crippen molar-refractivity contribution in [2.24, 2.45) is 0 Å². The van der Waals surface area contributed by atoms with Crippen LogP contribution in [0.5, 0.6) is 5.88 Å². The molecule has 1 aliphatic rings. The summed E-state index contributed by atoms with van der Waals surface area (Å²) >= 11 is 0. The second-order valence-corrected chi connectivity index (χ2v) is 5.62. The number of halogens is 4. The van der Waals surface area contributed by atoms with E-state index < -0.39 is 11.7 Å². The van der Waals surface area contributed by atoms with Crippen LogP contribution in [0.25, 0.3) is 0 Å². The molecule has 1 aromatic heterocycles. The van der Waals surface area contributed by atoms with E-state index in [2.05, 4.69) is 15.2 Å². The molecule has 0 amide bonds. The van der Waals surface area contributed by atoms with Crippen LogP contribution in [0.1, 0.15) is 12.0 Å². The number of anilines is 2. The fourth-order valence-electron chi connectivity index (χ4n) is 2.79. The first-order valence-corrected chi connectivity index (χ1v) is 7.69. The number of hydrogen-bond donors (Lipinski definition) is 1. The Morgan fingerprint density at radius 1 is 1.20 bits per heavy atom. The number of nitrogens with one attached hydrogen (secondary N) is 1. The van der Waals surface area contributed by atoms with Gasteiger partial charge in [0.25, 0.3) is 0 Å². The maximum absolute atomic E-state index is 12.5. The molecule has 1 saturated heterocycles. The predicted octanol–water partition coefficient (Wildman–Crippen LogP) is 4.22. The maximum atomic E-state index is 12.5. The normalized spacial score (nSPS) is 17.1. The van der Waals surface area contributed by atoms with Crippen molar-refractivity contribution in [1.82, 2.24) is 4.98 Å². The Kier molecular flexibility index (Phi) is 6.00. The van der Waals surface area contributed by atoms with Crippen LogP contribution in [0.4, 0.5) is 24.5 Å². The summed E-state index contributed by atoms with van der Waals surface area (Å²) in [5.41, 5.74) is 1.35. The van der Waals surface area contributed by atoms with E-state index in [1.54, 1.807) is 0 Å². The minimum Gasteiger partial charge on any atom is -0.472 e. The predicted molar refractivity (Wildman–Crippen MR) is 93.7 cm³/mol. The molecular weight excluding hydrogens is 355 g/mol. The van der Waals surface area contributed by atoms with Gasteiger partial charge in [-0.2, -0.15) is 13.2 Å². The summed E-state index contributed by atoms with van der Waals surface area (Å²) in [6.07, 6.45) is -2.88. The summed E-state index contributed by atoms with van der Waals surface area (Å²) in [6.45, 7) is 1.49. The van der Waals surface area contributed by atoms with E-state index in [1.807, 2.05) is 31.3 Å². The average molecular weight is 374 g/mol. The molecule has 1 N–H and O–H groups in total. The zero-order chi connectivity index (χ0) is 17.2. The number of benzene rings is 1. The molecule has 136 valence electrons. The van der Waals surface area contributed by atoms with E-state index in [-0.39, 0.29) is 24.4 Å². The molecule has 0 spiro atoms. The first-order chi connectivity index (χ1) is 11.5. The molecule has 0 unspecified atom stereocenters. The van der Waals surface area contributed by atoms with E-state index in [9.17, 15) is 13.2 Å². The number of rotatable bonds is 4. The molecule has 0 aliphatic carbocycles. The van der Waals surface area contributed by atoms with Gasteiger partial charge in [0.1, 0.15) is 6.10 Å². The van der Waals surface area contributed by atoms with Gasteiger partial charge in [0.05, 0.1) is 23.5 Å². The molecule has 0 radical (unpaired) electrons. The SMILES string of the molecule is CNc1ccccc1N1CC[C@@H](Oc2ccc(C(F)(F)F)cn2)C1.Cl. The molecule has 1 aliphatic heterocycles. The van der Waals surface area contributed by atoms with Crippen molar-refractivity contribution in [2.45, 2.75) is 18.7 Å². The highest BCUT2D eigenvalue weighted by Gasteiger charge is 2.31. The Hall–Kier alpha value is -2.15.